The number of Topliss-reactive ketones (excluding diaryl/α,β-unsaturated/α-hetero) is 2. The van der Waals surface area contributed by atoms with Gasteiger partial charge in [0.1, 0.15) is 0 Å². The zero-order valence-electron chi connectivity index (χ0n) is 13.4. The molecule has 0 aromatic heterocycles. The van der Waals surface area contributed by atoms with Crippen molar-refractivity contribution >= 4 is 11.6 Å². The van der Waals surface area contributed by atoms with Crippen molar-refractivity contribution < 1.29 is 9.59 Å². The molecule has 0 bridgehead atoms. The van der Waals surface area contributed by atoms with Crippen LogP contribution in [0.1, 0.15) is 47.4 Å². The molecule has 2 aromatic carbocycles. The quantitative estimate of drug-likeness (QED) is 0.562. The lowest BCUT2D eigenvalue weighted by molar-refractivity contribution is 0.0979. The zero-order valence-corrected chi connectivity index (χ0v) is 13.4. The van der Waals surface area contributed by atoms with Gasteiger partial charge in [-0.05, 0) is 13.3 Å². The molecule has 0 heterocycles. The van der Waals surface area contributed by atoms with E-state index < -0.39 is 0 Å². The Hall–Kier alpha value is -2.48. The van der Waals surface area contributed by atoms with Gasteiger partial charge < -0.3 is 0 Å². The van der Waals surface area contributed by atoms with Gasteiger partial charge in [0.25, 0.3) is 0 Å². The van der Waals surface area contributed by atoms with E-state index >= 15 is 0 Å². The minimum Gasteiger partial charge on any atom is -0.295 e. The van der Waals surface area contributed by atoms with E-state index in [0.717, 1.165) is 17.5 Å². The average Bonchev–Trinajstić information content (AvgIpc) is 2.59. The van der Waals surface area contributed by atoms with Gasteiger partial charge in [0, 0.05) is 17.5 Å². The summed E-state index contributed by atoms with van der Waals surface area (Å²) in [6.07, 6.45) is 1.58. The summed E-state index contributed by atoms with van der Waals surface area (Å²) in [5.74, 6) is 0.365. The van der Waals surface area contributed by atoms with Crippen LogP contribution in [0.5, 0.6) is 0 Å². The van der Waals surface area contributed by atoms with Crippen molar-refractivity contribution in [2.24, 2.45) is 0 Å². The van der Waals surface area contributed by atoms with Crippen molar-refractivity contribution in [1.82, 2.24) is 0 Å². The molecule has 0 N–H and O–H groups in total. The van der Waals surface area contributed by atoms with Gasteiger partial charge in [-0.25, -0.2) is 0 Å². The average molecular weight is 296 g/mol. The molecule has 0 aliphatic rings. The number of carbonyl (C=O) groups is 2. The third kappa shape index (κ3) is 7.95. The van der Waals surface area contributed by atoms with Crippen molar-refractivity contribution in [1.29, 1.82) is 0 Å². The van der Waals surface area contributed by atoms with E-state index in [0.29, 0.717) is 6.42 Å². The summed E-state index contributed by atoms with van der Waals surface area (Å²) in [5.41, 5.74) is 1.60. The van der Waals surface area contributed by atoms with Crippen LogP contribution in [0.4, 0.5) is 0 Å². The number of ketones is 2. The van der Waals surface area contributed by atoms with Crippen LogP contribution in [0.2, 0.25) is 0 Å². The second-order valence-electron chi connectivity index (χ2n) is 4.46. The molecule has 116 valence electrons. The topological polar surface area (TPSA) is 34.1 Å². The molecule has 0 saturated heterocycles. The number of hydrogen-bond acceptors (Lipinski definition) is 2. The molecule has 0 spiro atoms. The Bertz CT molecular complexity index is 544. The number of carbonyl (C=O) groups excluding carboxylic acids is 2. The lowest BCUT2D eigenvalue weighted by Crippen LogP contribution is -1.96. The van der Waals surface area contributed by atoms with E-state index in [-0.39, 0.29) is 11.6 Å². The summed E-state index contributed by atoms with van der Waals surface area (Å²) in [6, 6.07) is 18.6. The molecule has 0 unspecified atom stereocenters. The third-order valence-corrected chi connectivity index (χ3v) is 2.75. The van der Waals surface area contributed by atoms with Gasteiger partial charge in [0.15, 0.2) is 11.6 Å². The molecule has 2 heteroatoms. The van der Waals surface area contributed by atoms with E-state index in [1.54, 1.807) is 6.92 Å². The molecule has 2 rings (SSSR count). The van der Waals surface area contributed by atoms with E-state index in [1.165, 1.54) is 0 Å². The van der Waals surface area contributed by atoms with Crippen LogP contribution in [-0.4, -0.2) is 11.6 Å². The Morgan fingerprint density at radius 2 is 1.23 bits per heavy atom. The van der Waals surface area contributed by atoms with Crippen LogP contribution < -0.4 is 0 Å². The largest absolute Gasteiger partial charge is 0.295 e. The normalized spacial score (nSPS) is 8.64. The molecule has 0 aliphatic heterocycles. The Balaban J connectivity index is 0.000000366. The van der Waals surface area contributed by atoms with E-state index in [1.807, 2.05) is 67.6 Å². The second kappa shape index (κ2) is 12.3. The molecular formula is C20H24O2. The summed E-state index contributed by atoms with van der Waals surface area (Å²) < 4.78 is 0. The lowest BCUT2D eigenvalue weighted by Gasteiger charge is -1.96. The predicted octanol–water partition coefficient (Wildman–Crippen LogP) is 5.36. The highest BCUT2D eigenvalue weighted by atomic mass is 16.1. The van der Waals surface area contributed by atoms with Crippen LogP contribution in [0.15, 0.2) is 73.8 Å². The smallest absolute Gasteiger partial charge is 0.162 e. The van der Waals surface area contributed by atoms with E-state index in [4.69, 9.17) is 0 Å². The van der Waals surface area contributed by atoms with Gasteiger partial charge in [-0.3, -0.25) is 9.59 Å². The Morgan fingerprint density at radius 3 is 1.55 bits per heavy atom. The summed E-state index contributed by atoms with van der Waals surface area (Å²) in [6.45, 7) is 9.58. The van der Waals surface area contributed by atoms with Crippen molar-refractivity contribution in [3.05, 3.63) is 84.9 Å². The summed E-state index contributed by atoms with van der Waals surface area (Å²) in [7, 11) is 0. The first kappa shape index (κ1) is 19.5. The summed E-state index contributed by atoms with van der Waals surface area (Å²) in [4.78, 5) is 21.9. The number of benzene rings is 2. The third-order valence-electron chi connectivity index (χ3n) is 2.75. The maximum Gasteiger partial charge on any atom is 0.162 e. The first-order valence-corrected chi connectivity index (χ1v) is 7.29. The highest BCUT2D eigenvalue weighted by Gasteiger charge is 2.01. The zero-order chi connectivity index (χ0) is 16.8. The molecule has 0 fully saturated rings. The first-order chi connectivity index (χ1) is 10.6. The molecule has 2 nitrogen and oxygen atoms in total. The van der Waals surface area contributed by atoms with Crippen molar-refractivity contribution in [3.63, 3.8) is 0 Å². The van der Waals surface area contributed by atoms with Gasteiger partial charge in [0.05, 0.1) is 0 Å². The number of rotatable bonds is 4. The van der Waals surface area contributed by atoms with Gasteiger partial charge in [-0.1, -0.05) is 67.6 Å². The van der Waals surface area contributed by atoms with E-state index in [2.05, 4.69) is 13.2 Å². The van der Waals surface area contributed by atoms with E-state index in [9.17, 15) is 9.59 Å². The van der Waals surface area contributed by atoms with Crippen LogP contribution in [-0.2, 0) is 0 Å². The van der Waals surface area contributed by atoms with Crippen molar-refractivity contribution in [3.8, 4) is 0 Å². The maximum absolute atomic E-state index is 11.2. The van der Waals surface area contributed by atoms with Crippen molar-refractivity contribution in [2.45, 2.75) is 26.7 Å². The first-order valence-electron chi connectivity index (χ1n) is 7.29. The maximum atomic E-state index is 11.2. The Labute approximate surface area is 133 Å². The molecule has 0 atom stereocenters. The van der Waals surface area contributed by atoms with Crippen LogP contribution in [0.3, 0.4) is 0 Å². The minimum atomic E-state index is 0.121. The van der Waals surface area contributed by atoms with Crippen molar-refractivity contribution in [2.75, 3.05) is 0 Å². The lowest BCUT2D eigenvalue weighted by atomic mass is 10.1. The minimum absolute atomic E-state index is 0.121. The summed E-state index contributed by atoms with van der Waals surface area (Å²) >= 11 is 0. The highest BCUT2D eigenvalue weighted by molar-refractivity contribution is 5.95. The number of hydrogen-bond donors (Lipinski definition) is 0. The monoisotopic (exact) mass is 296 g/mol. The fourth-order valence-electron chi connectivity index (χ4n) is 1.67. The highest BCUT2D eigenvalue weighted by Crippen LogP contribution is 2.03. The standard InChI is InChI=1S/C10H12O.C8H8O.C2H4/c1-2-6-10(11)9-7-4-3-5-8-9;1-7(9)8-5-3-2-4-6-8;1-2/h3-5,7-8H,2,6H2,1H3;2-6H,1H3;1-2H2. The fraction of sp³-hybridized carbons (Fsp3) is 0.200. The molecular weight excluding hydrogens is 272 g/mol. The molecule has 0 radical (unpaired) electrons. The van der Waals surface area contributed by atoms with Gasteiger partial charge in [-0.15, -0.1) is 13.2 Å². The SMILES string of the molecule is C=C.CC(=O)c1ccccc1.CCCC(=O)c1ccccc1. The predicted molar refractivity (Wildman–Crippen MR) is 93.4 cm³/mol. The fourth-order valence-corrected chi connectivity index (χ4v) is 1.67. The van der Waals surface area contributed by atoms with Gasteiger partial charge in [-0.2, -0.15) is 0 Å². The van der Waals surface area contributed by atoms with Crippen LogP contribution in [0, 0.1) is 0 Å². The Kier molecular flexibility index (Phi) is 10.9. The second-order valence-corrected chi connectivity index (χ2v) is 4.46. The van der Waals surface area contributed by atoms with Gasteiger partial charge >= 0.3 is 0 Å². The Morgan fingerprint density at radius 1 is 0.818 bits per heavy atom. The van der Waals surface area contributed by atoms with Crippen LogP contribution in [0.25, 0.3) is 0 Å². The van der Waals surface area contributed by atoms with Crippen LogP contribution >= 0.6 is 0 Å². The molecule has 0 aliphatic carbocycles. The molecule has 2 aromatic rings. The molecule has 22 heavy (non-hydrogen) atoms. The summed E-state index contributed by atoms with van der Waals surface area (Å²) in [5, 5.41) is 0. The molecule has 0 amide bonds. The molecule has 0 saturated carbocycles. The van der Waals surface area contributed by atoms with Gasteiger partial charge in [0.2, 0.25) is 0 Å².